The molecule has 0 bridgehead atoms. The number of ketones is 1. The van der Waals surface area contributed by atoms with Gasteiger partial charge in [-0.1, -0.05) is 12.0 Å². The summed E-state index contributed by atoms with van der Waals surface area (Å²) in [6.45, 7) is 0.323. The second-order valence-corrected chi connectivity index (χ2v) is 2.42. The molecule has 0 aromatic heterocycles. The zero-order valence-electron chi connectivity index (χ0n) is 6.25. The first-order chi connectivity index (χ1) is 5.33. The fourth-order valence-electron chi connectivity index (χ4n) is 0.973. The normalized spacial score (nSPS) is 23.2. The number of hydrogen-bond donors (Lipinski definition) is 0. The third-order valence-electron chi connectivity index (χ3n) is 1.55. The van der Waals surface area contributed by atoms with Crippen molar-refractivity contribution >= 4 is 5.78 Å². The molecule has 1 aliphatic carbocycles. The Labute approximate surface area is 66.2 Å². The van der Waals surface area contributed by atoms with Gasteiger partial charge >= 0.3 is 0 Å². The van der Waals surface area contributed by atoms with Crippen LogP contribution in [0, 0.1) is 12.3 Å². The second kappa shape index (κ2) is 3.95. The number of terminal acetylenes is 1. The summed E-state index contributed by atoms with van der Waals surface area (Å²) in [6, 6.07) is 0. The molecule has 1 rings (SSSR count). The highest BCUT2D eigenvalue weighted by molar-refractivity contribution is 5.90. The third-order valence-corrected chi connectivity index (χ3v) is 1.55. The van der Waals surface area contributed by atoms with Gasteiger partial charge in [-0.05, 0) is 12.5 Å². The molecule has 0 heterocycles. The van der Waals surface area contributed by atoms with Crippen LogP contribution in [0.15, 0.2) is 12.2 Å². The number of hydrogen-bond acceptors (Lipinski definition) is 2. The Kier molecular flexibility index (Phi) is 2.88. The van der Waals surface area contributed by atoms with Gasteiger partial charge in [-0.3, -0.25) is 4.79 Å². The van der Waals surface area contributed by atoms with Crippen LogP contribution < -0.4 is 0 Å². The molecule has 0 radical (unpaired) electrons. The topological polar surface area (TPSA) is 26.3 Å². The van der Waals surface area contributed by atoms with Gasteiger partial charge < -0.3 is 4.74 Å². The van der Waals surface area contributed by atoms with Gasteiger partial charge in [0.2, 0.25) is 0 Å². The van der Waals surface area contributed by atoms with Crippen LogP contribution >= 0.6 is 0 Å². The maximum atomic E-state index is 10.7. The molecule has 0 amide bonds. The zero-order chi connectivity index (χ0) is 8.10. The number of ether oxygens (including phenoxy) is 1. The maximum Gasteiger partial charge on any atom is 0.155 e. The van der Waals surface area contributed by atoms with Crippen LogP contribution in [0.1, 0.15) is 12.8 Å². The maximum absolute atomic E-state index is 10.7. The molecule has 58 valence electrons. The third kappa shape index (κ3) is 2.57. The molecule has 0 aromatic rings. The molecule has 1 atom stereocenters. The van der Waals surface area contributed by atoms with Crippen LogP contribution in [0.5, 0.6) is 0 Å². The van der Waals surface area contributed by atoms with Crippen molar-refractivity contribution in [3.63, 3.8) is 0 Å². The first-order valence-corrected chi connectivity index (χ1v) is 3.59. The predicted molar refractivity (Wildman–Crippen MR) is 42.0 cm³/mol. The van der Waals surface area contributed by atoms with E-state index in [-0.39, 0.29) is 11.9 Å². The van der Waals surface area contributed by atoms with E-state index in [9.17, 15) is 4.79 Å². The molecule has 0 aromatic carbocycles. The number of carbonyl (C=O) groups excluding carboxylic acids is 1. The van der Waals surface area contributed by atoms with Crippen molar-refractivity contribution in [1.29, 1.82) is 0 Å². The minimum Gasteiger partial charge on any atom is -0.361 e. The van der Waals surface area contributed by atoms with Crippen molar-refractivity contribution in [2.24, 2.45) is 0 Å². The van der Waals surface area contributed by atoms with E-state index in [0.29, 0.717) is 13.0 Å². The zero-order valence-corrected chi connectivity index (χ0v) is 6.25. The van der Waals surface area contributed by atoms with E-state index in [2.05, 4.69) is 5.92 Å². The Morgan fingerprint density at radius 2 is 2.64 bits per heavy atom. The molecule has 0 fully saturated rings. The molecule has 2 nitrogen and oxygen atoms in total. The smallest absolute Gasteiger partial charge is 0.155 e. The summed E-state index contributed by atoms with van der Waals surface area (Å²) in [5.41, 5.74) is 0. The van der Waals surface area contributed by atoms with E-state index in [1.54, 1.807) is 12.2 Å². The van der Waals surface area contributed by atoms with Gasteiger partial charge in [0.25, 0.3) is 0 Å². The van der Waals surface area contributed by atoms with Crippen molar-refractivity contribution in [3.8, 4) is 12.3 Å². The minimum atomic E-state index is 0.0451. The lowest BCUT2D eigenvalue weighted by molar-refractivity contribution is -0.115. The molecule has 11 heavy (non-hydrogen) atoms. The van der Waals surface area contributed by atoms with E-state index in [1.807, 2.05) is 0 Å². The summed E-state index contributed by atoms with van der Waals surface area (Å²) in [7, 11) is 0. The minimum absolute atomic E-state index is 0.0451. The molecular formula is C9H10O2. The van der Waals surface area contributed by atoms with Crippen molar-refractivity contribution in [1.82, 2.24) is 0 Å². The lowest BCUT2D eigenvalue weighted by Gasteiger charge is -2.14. The Hall–Kier alpha value is -1.07. The van der Waals surface area contributed by atoms with Gasteiger partial charge in [-0.15, -0.1) is 6.42 Å². The van der Waals surface area contributed by atoms with E-state index < -0.39 is 0 Å². The first kappa shape index (κ1) is 8.03. The van der Waals surface area contributed by atoms with Crippen LogP contribution in [0.25, 0.3) is 0 Å². The lowest BCUT2D eigenvalue weighted by atomic mass is 10.0. The molecule has 2 heteroatoms. The summed E-state index contributed by atoms with van der Waals surface area (Å²) in [4.78, 5) is 10.7. The molecule has 0 N–H and O–H groups in total. The number of allylic oxidation sites excluding steroid dienone is 1. The summed E-state index contributed by atoms with van der Waals surface area (Å²) < 4.78 is 5.21. The highest BCUT2D eigenvalue weighted by Crippen LogP contribution is 2.10. The van der Waals surface area contributed by atoms with Crippen LogP contribution in [-0.2, 0) is 9.53 Å². The molecule has 0 aliphatic heterocycles. The summed E-state index contributed by atoms with van der Waals surface area (Å²) in [6.07, 6.45) is 9.72. The SMILES string of the molecule is C#CCOC1C=CC(=O)CC1. The van der Waals surface area contributed by atoms with Crippen LogP contribution in [0.4, 0.5) is 0 Å². The largest absolute Gasteiger partial charge is 0.361 e. The molecule has 1 unspecified atom stereocenters. The number of rotatable bonds is 2. The average molecular weight is 150 g/mol. The van der Waals surface area contributed by atoms with E-state index in [4.69, 9.17) is 11.2 Å². The lowest BCUT2D eigenvalue weighted by Crippen LogP contribution is -2.16. The summed E-state index contributed by atoms with van der Waals surface area (Å²) >= 11 is 0. The number of carbonyl (C=O) groups is 1. The summed E-state index contributed by atoms with van der Waals surface area (Å²) in [5.74, 6) is 2.56. The second-order valence-electron chi connectivity index (χ2n) is 2.42. The van der Waals surface area contributed by atoms with E-state index in [1.165, 1.54) is 0 Å². The fraction of sp³-hybridized carbons (Fsp3) is 0.444. The predicted octanol–water partition coefficient (Wildman–Crippen LogP) is 0.924. The molecule has 1 aliphatic rings. The molecule has 0 saturated heterocycles. The van der Waals surface area contributed by atoms with Gasteiger partial charge in [0, 0.05) is 6.42 Å². The fourth-order valence-corrected chi connectivity index (χ4v) is 0.973. The molecular weight excluding hydrogens is 140 g/mol. The van der Waals surface area contributed by atoms with Crippen LogP contribution in [0.2, 0.25) is 0 Å². The van der Waals surface area contributed by atoms with Gasteiger partial charge in [-0.2, -0.15) is 0 Å². The van der Waals surface area contributed by atoms with Crippen molar-refractivity contribution < 1.29 is 9.53 Å². The van der Waals surface area contributed by atoms with Gasteiger partial charge in [0.05, 0.1) is 6.10 Å². The van der Waals surface area contributed by atoms with E-state index >= 15 is 0 Å². The average Bonchev–Trinajstić information content (AvgIpc) is 2.04. The Morgan fingerprint density at radius 1 is 1.82 bits per heavy atom. The highest BCUT2D eigenvalue weighted by atomic mass is 16.5. The Balaban J connectivity index is 2.33. The van der Waals surface area contributed by atoms with E-state index in [0.717, 1.165) is 6.42 Å². The molecule has 0 saturated carbocycles. The Bertz CT molecular complexity index is 210. The quantitative estimate of drug-likeness (QED) is 0.547. The first-order valence-electron chi connectivity index (χ1n) is 3.59. The van der Waals surface area contributed by atoms with Crippen molar-refractivity contribution in [2.45, 2.75) is 18.9 Å². The monoisotopic (exact) mass is 150 g/mol. The van der Waals surface area contributed by atoms with Crippen molar-refractivity contribution in [2.75, 3.05) is 6.61 Å². The van der Waals surface area contributed by atoms with Crippen LogP contribution in [0.3, 0.4) is 0 Å². The standard InChI is InChI=1S/C9H10O2/c1-2-7-11-9-5-3-8(10)4-6-9/h1,3,5,9H,4,6-7H2. The van der Waals surface area contributed by atoms with Crippen LogP contribution in [-0.4, -0.2) is 18.5 Å². The van der Waals surface area contributed by atoms with Gasteiger partial charge in [0.15, 0.2) is 5.78 Å². The van der Waals surface area contributed by atoms with Gasteiger partial charge in [-0.25, -0.2) is 0 Å². The Morgan fingerprint density at radius 3 is 3.18 bits per heavy atom. The van der Waals surface area contributed by atoms with Gasteiger partial charge in [0.1, 0.15) is 6.61 Å². The molecule has 0 spiro atoms. The van der Waals surface area contributed by atoms with Crippen molar-refractivity contribution in [3.05, 3.63) is 12.2 Å². The highest BCUT2D eigenvalue weighted by Gasteiger charge is 2.11. The summed E-state index contributed by atoms with van der Waals surface area (Å²) in [5, 5.41) is 0.